The number of hydrogen-bond acceptors (Lipinski definition) is 4. The molecule has 1 saturated carbocycles. The molecule has 9 heteroatoms. The first-order valence-electron chi connectivity index (χ1n) is 10.5. The van der Waals surface area contributed by atoms with E-state index in [1.807, 2.05) is 18.3 Å². The topological polar surface area (TPSA) is 86.7 Å². The number of nitrogens with zero attached hydrogens (tertiary/aromatic N) is 4. The molecule has 0 spiro atoms. The van der Waals surface area contributed by atoms with E-state index in [1.54, 1.807) is 36.1 Å². The minimum Gasteiger partial charge on any atom is -0.364 e. The number of pyridine rings is 2. The van der Waals surface area contributed by atoms with Crippen LogP contribution in [0.4, 0.5) is 13.2 Å². The molecule has 2 N–H and O–H groups in total. The summed E-state index contributed by atoms with van der Waals surface area (Å²) in [5, 5.41) is 4.98. The van der Waals surface area contributed by atoms with E-state index in [0.29, 0.717) is 16.8 Å². The van der Waals surface area contributed by atoms with Gasteiger partial charge in [0.15, 0.2) is 0 Å². The maximum Gasteiger partial charge on any atom is 0.433 e. The Morgan fingerprint density at radius 3 is 2.55 bits per heavy atom. The molecule has 1 fully saturated rings. The third-order valence-electron chi connectivity index (χ3n) is 5.74. The minimum atomic E-state index is -4.50. The van der Waals surface area contributed by atoms with Gasteiger partial charge in [-0.1, -0.05) is 12.1 Å². The maximum absolute atomic E-state index is 13.4. The van der Waals surface area contributed by atoms with Crippen molar-refractivity contribution >= 4 is 16.8 Å². The summed E-state index contributed by atoms with van der Waals surface area (Å²) in [5.74, 6) is -0.560. The largest absolute Gasteiger partial charge is 0.433 e. The lowest BCUT2D eigenvalue weighted by Crippen LogP contribution is -2.13. The van der Waals surface area contributed by atoms with Crippen molar-refractivity contribution in [2.45, 2.75) is 31.4 Å². The van der Waals surface area contributed by atoms with Crippen LogP contribution >= 0.6 is 0 Å². The van der Waals surface area contributed by atoms with Gasteiger partial charge >= 0.3 is 6.18 Å². The maximum atomic E-state index is 13.4. The molecule has 1 aliphatic rings. The molecule has 0 saturated heterocycles. The Morgan fingerprint density at radius 2 is 1.91 bits per heavy atom. The molecule has 3 aromatic heterocycles. The van der Waals surface area contributed by atoms with E-state index in [2.05, 4.69) is 15.1 Å². The van der Waals surface area contributed by atoms with Crippen molar-refractivity contribution < 1.29 is 18.0 Å². The standard InChI is InChI=1S/C24H20F3N5O/c1-32-12-16(11-29-32)18-10-21(23(28)33)30-20-7-13(2-5-17(18)20)6-14-8-19(15-3-4-15)31-22(9-14)24(25,26)27/h2,5,7-12,15H,3-4,6H2,1H3,(H2,28,33). The minimum absolute atomic E-state index is 0.101. The fourth-order valence-electron chi connectivity index (χ4n) is 3.99. The summed E-state index contributed by atoms with van der Waals surface area (Å²) in [6, 6.07) is 9.99. The molecule has 1 aliphatic carbocycles. The monoisotopic (exact) mass is 451 g/mol. The Morgan fingerprint density at radius 1 is 1.12 bits per heavy atom. The van der Waals surface area contributed by atoms with Crippen LogP contribution in [0.5, 0.6) is 0 Å². The summed E-state index contributed by atoms with van der Waals surface area (Å²) < 4.78 is 41.8. The second-order valence-corrected chi connectivity index (χ2v) is 8.41. The average Bonchev–Trinajstić information content (AvgIpc) is 3.52. The zero-order chi connectivity index (χ0) is 23.3. The Bertz CT molecular complexity index is 1390. The Balaban J connectivity index is 1.58. The molecule has 6 nitrogen and oxygen atoms in total. The van der Waals surface area contributed by atoms with E-state index in [4.69, 9.17) is 5.73 Å². The summed E-state index contributed by atoms with van der Waals surface area (Å²) in [7, 11) is 1.79. The molecule has 0 bridgehead atoms. The zero-order valence-electron chi connectivity index (χ0n) is 17.7. The molecule has 0 aliphatic heterocycles. The predicted octanol–water partition coefficient (Wildman–Crippen LogP) is 4.62. The number of carbonyl (C=O) groups excluding carboxylic acids is 1. The van der Waals surface area contributed by atoms with Gasteiger partial charge in [-0.15, -0.1) is 0 Å². The number of alkyl halides is 3. The molecular formula is C24H20F3N5O. The van der Waals surface area contributed by atoms with Gasteiger partial charge in [-0.2, -0.15) is 18.3 Å². The van der Waals surface area contributed by atoms with Crippen LogP contribution in [0.3, 0.4) is 0 Å². The summed E-state index contributed by atoms with van der Waals surface area (Å²) in [4.78, 5) is 20.1. The van der Waals surface area contributed by atoms with E-state index in [9.17, 15) is 18.0 Å². The predicted molar refractivity (Wildman–Crippen MR) is 116 cm³/mol. The van der Waals surface area contributed by atoms with E-state index < -0.39 is 17.8 Å². The van der Waals surface area contributed by atoms with Crippen molar-refractivity contribution in [1.82, 2.24) is 19.7 Å². The average molecular weight is 451 g/mol. The van der Waals surface area contributed by atoms with Crippen LogP contribution in [0.2, 0.25) is 0 Å². The van der Waals surface area contributed by atoms with Crippen LogP contribution in [0.25, 0.3) is 22.0 Å². The number of amides is 1. The van der Waals surface area contributed by atoms with Crippen LogP contribution in [0.15, 0.2) is 48.8 Å². The molecule has 0 unspecified atom stereocenters. The molecule has 168 valence electrons. The highest BCUT2D eigenvalue weighted by Gasteiger charge is 2.35. The summed E-state index contributed by atoms with van der Waals surface area (Å²) in [6.45, 7) is 0. The number of aromatic nitrogens is 4. The SMILES string of the molecule is Cn1cc(-c2cc(C(N)=O)nc3cc(Cc4cc(C5CC5)nc(C(F)(F)F)c4)ccc23)cn1. The number of fused-ring (bicyclic) bond motifs is 1. The van der Waals surface area contributed by atoms with Gasteiger partial charge in [0.2, 0.25) is 0 Å². The van der Waals surface area contributed by atoms with Gasteiger partial charge < -0.3 is 5.73 Å². The first kappa shape index (κ1) is 21.1. The van der Waals surface area contributed by atoms with Gasteiger partial charge in [-0.05, 0) is 60.2 Å². The van der Waals surface area contributed by atoms with E-state index in [-0.39, 0.29) is 18.0 Å². The van der Waals surface area contributed by atoms with Crippen LogP contribution in [-0.4, -0.2) is 25.7 Å². The van der Waals surface area contributed by atoms with Crippen molar-refractivity contribution in [3.8, 4) is 11.1 Å². The fraction of sp³-hybridized carbons (Fsp3) is 0.250. The Labute approximate surface area is 187 Å². The number of carbonyl (C=O) groups is 1. The summed E-state index contributed by atoms with van der Waals surface area (Å²) in [6.07, 6.45) is 1.01. The smallest absolute Gasteiger partial charge is 0.364 e. The van der Waals surface area contributed by atoms with Crippen LogP contribution < -0.4 is 5.73 Å². The first-order chi connectivity index (χ1) is 15.7. The van der Waals surface area contributed by atoms with E-state index in [1.165, 1.54) is 0 Å². The number of aryl methyl sites for hydroxylation is 1. The number of benzene rings is 1. The molecule has 4 aromatic rings. The van der Waals surface area contributed by atoms with Crippen molar-refractivity contribution in [2.24, 2.45) is 12.8 Å². The third-order valence-corrected chi connectivity index (χ3v) is 5.74. The summed E-state index contributed by atoms with van der Waals surface area (Å²) in [5.41, 5.74) is 8.64. The van der Waals surface area contributed by atoms with Crippen molar-refractivity contribution in [2.75, 3.05) is 0 Å². The first-order valence-corrected chi connectivity index (χ1v) is 10.5. The summed E-state index contributed by atoms with van der Waals surface area (Å²) >= 11 is 0. The van der Waals surface area contributed by atoms with Gasteiger partial charge in [0.05, 0.1) is 11.7 Å². The number of primary amides is 1. The van der Waals surface area contributed by atoms with Gasteiger partial charge in [0, 0.05) is 35.8 Å². The van der Waals surface area contributed by atoms with Gasteiger partial charge in [-0.25, -0.2) is 9.97 Å². The lowest BCUT2D eigenvalue weighted by molar-refractivity contribution is -0.141. The molecule has 33 heavy (non-hydrogen) atoms. The van der Waals surface area contributed by atoms with Crippen molar-refractivity contribution in [3.05, 3.63) is 77.0 Å². The molecule has 1 amide bonds. The molecule has 3 heterocycles. The normalized spacial score (nSPS) is 14.1. The van der Waals surface area contributed by atoms with Gasteiger partial charge in [0.25, 0.3) is 5.91 Å². The lowest BCUT2D eigenvalue weighted by atomic mass is 9.98. The number of halogens is 3. The highest BCUT2D eigenvalue weighted by atomic mass is 19.4. The number of hydrogen-bond donors (Lipinski definition) is 1. The molecular weight excluding hydrogens is 431 g/mol. The lowest BCUT2D eigenvalue weighted by Gasteiger charge is -2.12. The third kappa shape index (κ3) is 4.30. The van der Waals surface area contributed by atoms with Crippen LogP contribution in [0, 0.1) is 0 Å². The quantitative estimate of drug-likeness (QED) is 0.480. The Hall–Kier alpha value is -3.75. The zero-order valence-corrected chi connectivity index (χ0v) is 17.7. The van der Waals surface area contributed by atoms with E-state index >= 15 is 0 Å². The van der Waals surface area contributed by atoms with Crippen molar-refractivity contribution in [1.29, 1.82) is 0 Å². The second kappa shape index (κ2) is 7.68. The molecule has 1 aromatic carbocycles. The number of nitrogens with two attached hydrogens (primary N) is 1. The highest BCUT2D eigenvalue weighted by Crippen LogP contribution is 2.41. The van der Waals surface area contributed by atoms with E-state index in [0.717, 1.165) is 41.0 Å². The van der Waals surface area contributed by atoms with Crippen LogP contribution in [0.1, 0.15) is 51.8 Å². The molecule has 5 rings (SSSR count). The fourth-order valence-corrected chi connectivity index (χ4v) is 3.99. The van der Waals surface area contributed by atoms with Gasteiger partial charge in [0.1, 0.15) is 11.4 Å². The molecule has 0 radical (unpaired) electrons. The second-order valence-electron chi connectivity index (χ2n) is 8.41. The Kier molecular flexibility index (Phi) is 4.92. The van der Waals surface area contributed by atoms with Crippen LogP contribution in [-0.2, 0) is 19.6 Å². The molecule has 0 atom stereocenters. The number of rotatable bonds is 5. The highest BCUT2D eigenvalue weighted by molar-refractivity contribution is 6.00. The van der Waals surface area contributed by atoms with Crippen molar-refractivity contribution in [3.63, 3.8) is 0 Å². The van der Waals surface area contributed by atoms with Gasteiger partial charge in [-0.3, -0.25) is 9.48 Å².